The Morgan fingerprint density at radius 3 is 2.65 bits per heavy atom. The first-order valence-corrected chi connectivity index (χ1v) is 5.64. The number of carbonyl (C=O) groups excluding carboxylic acids is 1. The molecule has 2 rings (SSSR count). The van der Waals surface area contributed by atoms with E-state index in [2.05, 4.69) is 16.1 Å². The normalized spacial score (nSPS) is 17.9. The lowest BCUT2D eigenvalue weighted by Crippen LogP contribution is -2.06. The summed E-state index contributed by atoms with van der Waals surface area (Å²) in [5, 5.41) is 3.51. The summed E-state index contributed by atoms with van der Waals surface area (Å²) in [6, 6.07) is 7.35. The molecule has 0 amide bonds. The Balaban J connectivity index is 2.14. The number of Topliss-reactive ketones (excluding diaryl/α,β-unsaturated/α-hetero) is 1. The van der Waals surface area contributed by atoms with E-state index in [1.54, 1.807) is 12.1 Å². The molecule has 0 aromatic heterocycles. The first-order valence-electron chi connectivity index (χ1n) is 5.64. The van der Waals surface area contributed by atoms with Crippen molar-refractivity contribution in [2.75, 3.05) is 0 Å². The second-order valence-corrected chi connectivity index (χ2v) is 4.15. The van der Waals surface area contributed by atoms with Crippen LogP contribution in [0.4, 0.5) is 5.69 Å². The minimum absolute atomic E-state index is 0.327. The van der Waals surface area contributed by atoms with Gasteiger partial charge in [0, 0.05) is 23.4 Å². The zero-order valence-corrected chi connectivity index (χ0v) is 9.47. The van der Waals surface area contributed by atoms with Crippen molar-refractivity contribution in [3.05, 3.63) is 45.8 Å². The lowest BCUT2D eigenvalue weighted by Gasteiger charge is -2.12. The molecular weight excluding hydrogens is 214 g/mol. The summed E-state index contributed by atoms with van der Waals surface area (Å²) < 4.78 is 0. The molecule has 86 valence electrons. The second kappa shape index (κ2) is 5.32. The van der Waals surface area contributed by atoms with Gasteiger partial charge >= 0.3 is 0 Å². The summed E-state index contributed by atoms with van der Waals surface area (Å²) in [6.07, 6.45) is 5.31. The van der Waals surface area contributed by atoms with Gasteiger partial charge in [0.05, 0.1) is 0 Å². The Hall–Kier alpha value is -2.06. The van der Waals surface area contributed by atoms with Gasteiger partial charge in [-0.15, -0.1) is 0 Å². The van der Waals surface area contributed by atoms with Crippen LogP contribution in [0.25, 0.3) is 16.5 Å². The molecule has 17 heavy (non-hydrogen) atoms. The SMILES string of the molecule is [N-]=[N+]=Nc1ccc(C=C2CCCC(=O)C2)cc1. The van der Waals surface area contributed by atoms with Gasteiger partial charge in [0.2, 0.25) is 0 Å². The quantitative estimate of drug-likeness (QED) is 0.425. The minimum atomic E-state index is 0.327. The highest BCUT2D eigenvalue weighted by Gasteiger charge is 2.12. The van der Waals surface area contributed by atoms with Crippen molar-refractivity contribution < 1.29 is 4.79 Å². The summed E-state index contributed by atoms with van der Waals surface area (Å²) in [7, 11) is 0. The van der Waals surface area contributed by atoms with Gasteiger partial charge < -0.3 is 0 Å². The molecule has 0 bridgehead atoms. The molecule has 0 radical (unpaired) electrons. The highest BCUT2D eigenvalue weighted by molar-refractivity contribution is 5.83. The fourth-order valence-corrected chi connectivity index (χ4v) is 1.99. The van der Waals surface area contributed by atoms with Crippen molar-refractivity contribution in [2.24, 2.45) is 5.11 Å². The largest absolute Gasteiger partial charge is 0.299 e. The van der Waals surface area contributed by atoms with Gasteiger partial charge in [-0.25, -0.2) is 0 Å². The maximum absolute atomic E-state index is 11.3. The van der Waals surface area contributed by atoms with E-state index in [4.69, 9.17) is 5.53 Å². The molecule has 0 aliphatic heterocycles. The molecule has 1 saturated carbocycles. The summed E-state index contributed by atoms with van der Waals surface area (Å²) >= 11 is 0. The van der Waals surface area contributed by atoms with Crippen LogP contribution >= 0.6 is 0 Å². The van der Waals surface area contributed by atoms with E-state index in [9.17, 15) is 4.79 Å². The van der Waals surface area contributed by atoms with E-state index < -0.39 is 0 Å². The number of allylic oxidation sites excluding steroid dienone is 1. The van der Waals surface area contributed by atoms with Gasteiger partial charge in [-0.2, -0.15) is 0 Å². The molecule has 0 spiro atoms. The Bertz CT molecular complexity index is 496. The van der Waals surface area contributed by atoms with E-state index >= 15 is 0 Å². The predicted molar refractivity (Wildman–Crippen MR) is 66.7 cm³/mol. The molecule has 0 saturated heterocycles. The van der Waals surface area contributed by atoms with E-state index in [1.807, 2.05) is 12.1 Å². The van der Waals surface area contributed by atoms with Crippen LogP contribution in [-0.2, 0) is 4.79 Å². The Morgan fingerprint density at radius 1 is 1.24 bits per heavy atom. The van der Waals surface area contributed by atoms with Crippen LogP contribution in [0.2, 0.25) is 0 Å². The van der Waals surface area contributed by atoms with Gasteiger partial charge in [-0.1, -0.05) is 41.0 Å². The first kappa shape index (κ1) is 11.4. The third kappa shape index (κ3) is 3.20. The van der Waals surface area contributed by atoms with Crippen LogP contribution in [0.15, 0.2) is 35.0 Å². The van der Waals surface area contributed by atoms with Crippen molar-refractivity contribution in [2.45, 2.75) is 25.7 Å². The Morgan fingerprint density at radius 2 is 2.00 bits per heavy atom. The third-order valence-electron chi connectivity index (χ3n) is 2.80. The molecule has 1 aromatic rings. The summed E-state index contributed by atoms with van der Waals surface area (Å²) in [5.41, 5.74) is 11.1. The Kier molecular flexibility index (Phi) is 3.58. The van der Waals surface area contributed by atoms with Gasteiger partial charge in [0.25, 0.3) is 0 Å². The van der Waals surface area contributed by atoms with Crippen molar-refractivity contribution in [1.82, 2.24) is 0 Å². The molecule has 0 unspecified atom stereocenters. The number of rotatable bonds is 2. The average Bonchev–Trinajstić information content (AvgIpc) is 2.32. The minimum Gasteiger partial charge on any atom is -0.299 e. The average molecular weight is 227 g/mol. The number of hydrogen-bond donors (Lipinski definition) is 0. The van der Waals surface area contributed by atoms with Crippen molar-refractivity contribution >= 4 is 17.5 Å². The molecular formula is C13H13N3O. The van der Waals surface area contributed by atoms with Crippen LogP contribution in [0.5, 0.6) is 0 Å². The topological polar surface area (TPSA) is 65.8 Å². The maximum Gasteiger partial charge on any atom is 0.136 e. The number of hydrogen-bond acceptors (Lipinski definition) is 2. The smallest absolute Gasteiger partial charge is 0.136 e. The molecule has 0 atom stereocenters. The molecule has 1 fully saturated rings. The van der Waals surface area contributed by atoms with E-state index in [-0.39, 0.29) is 0 Å². The molecule has 0 N–H and O–H groups in total. The molecule has 0 heterocycles. The second-order valence-electron chi connectivity index (χ2n) is 4.15. The highest BCUT2D eigenvalue weighted by Crippen LogP contribution is 2.23. The van der Waals surface area contributed by atoms with Crippen LogP contribution in [0, 0.1) is 0 Å². The standard InChI is InChI=1S/C13H13N3O/c14-16-15-12-6-4-10(5-7-12)8-11-2-1-3-13(17)9-11/h4-8H,1-3,9H2. The molecule has 1 aliphatic rings. The summed E-state index contributed by atoms with van der Waals surface area (Å²) in [4.78, 5) is 14.0. The van der Waals surface area contributed by atoms with Crippen molar-refractivity contribution in [3.63, 3.8) is 0 Å². The van der Waals surface area contributed by atoms with E-state index in [0.29, 0.717) is 24.3 Å². The van der Waals surface area contributed by atoms with Gasteiger partial charge in [0.1, 0.15) is 5.78 Å². The number of ketones is 1. The van der Waals surface area contributed by atoms with Gasteiger partial charge in [0.15, 0.2) is 0 Å². The third-order valence-corrected chi connectivity index (χ3v) is 2.80. The zero-order valence-electron chi connectivity index (χ0n) is 9.47. The van der Waals surface area contributed by atoms with Gasteiger partial charge in [-0.05, 0) is 23.9 Å². The van der Waals surface area contributed by atoms with Crippen molar-refractivity contribution in [1.29, 1.82) is 0 Å². The summed E-state index contributed by atoms with van der Waals surface area (Å²) in [6.45, 7) is 0. The Labute approximate surface area is 99.6 Å². The predicted octanol–water partition coefficient (Wildman–Crippen LogP) is 4.15. The van der Waals surface area contributed by atoms with E-state index in [0.717, 1.165) is 18.4 Å². The molecule has 4 heteroatoms. The fraction of sp³-hybridized carbons (Fsp3) is 0.308. The lowest BCUT2D eigenvalue weighted by molar-refractivity contribution is -0.119. The number of carbonyl (C=O) groups is 1. The number of benzene rings is 1. The van der Waals surface area contributed by atoms with Crippen LogP contribution in [-0.4, -0.2) is 5.78 Å². The maximum atomic E-state index is 11.3. The molecule has 1 aromatic carbocycles. The first-order chi connectivity index (χ1) is 8.28. The number of nitrogens with zero attached hydrogens (tertiary/aromatic N) is 3. The molecule has 1 aliphatic carbocycles. The summed E-state index contributed by atoms with van der Waals surface area (Å²) in [5.74, 6) is 0.327. The van der Waals surface area contributed by atoms with Gasteiger partial charge in [-0.3, -0.25) is 4.79 Å². The van der Waals surface area contributed by atoms with E-state index in [1.165, 1.54) is 5.57 Å². The monoisotopic (exact) mass is 227 g/mol. The molecule has 4 nitrogen and oxygen atoms in total. The zero-order chi connectivity index (χ0) is 12.1. The van der Waals surface area contributed by atoms with Crippen LogP contribution in [0.1, 0.15) is 31.2 Å². The van der Waals surface area contributed by atoms with Crippen molar-refractivity contribution in [3.8, 4) is 0 Å². The lowest BCUT2D eigenvalue weighted by atomic mass is 9.92. The number of azide groups is 1. The fourth-order valence-electron chi connectivity index (χ4n) is 1.99. The van der Waals surface area contributed by atoms with Crippen LogP contribution in [0.3, 0.4) is 0 Å². The van der Waals surface area contributed by atoms with Crippen LogP contribution < -0.4 is 0 Å². The highest BCUT2D eigenvalue weighted by atomic mass is 16.1.